The largest absolute Gasteiger partial charge is 0.394 e. The first-order valence-corrected chi connectivity index (χ1v) is 7.66. The van der Waals surface area contributed by atoms with E-state index in [1.807, 2.05) is 0 Å². The Morgan fingerprint density at radius 3 is 2.35 bits per heavy atom. The van der Waals surface area contributed by atoms with Gasteiger partial charge in [-0.2, -0.15) is 0 Å². The van der Waals surface area contributed by atoms with Gasteiger partial charge in [0.25, 0.3) is 0 Å². The number of nitrogens with one attached hydrogen (secondary N) is 1. The lowest BCUT2D eigenvalue weighted by Crippen LogP contribution is -2.51. The number of aliphatic hydroxyl groups excluding tert-OH is 1. The van der Waals surface area contributed by atoms with Gasteiger partial charge >= 0.3 is 0 Å². The van der Waals surface area contributed by atoms with Gasteiger partial charge in [-0.15, -0.1) is 0 Å². The lowest BCUT2D eigenvalue weighted by Gasteiger charge is -2.33. The van der Waals surface area contributed by atoms with E-state index >= 15 is 0 Å². The summed E-state index contributed by atoms with van der Waals surface area (Å²) in [5.41, 5.74) is 0.0652. The van der Waals surface area contributed by atoms with E-state index in [1.165, 1.54) is 64.2 Å². The number of hydrogen-bond donors (Lipinski definition) is 2. The van der Waals surface area contributed by atoms with Crippen LogP contribution < -0.4 is 5.32 Å². The average Bonchev–Trinajstić information content (AvgIpc) is 2.59. The zero-order valence-corrected chi connectivity index (χ0v) is 11.4. The number of hydrogen-bond acceptors (Lipinski definition) is 2. The molecule has 0 saturated heterocycles. The second-order valence-corrected chi connectivity index (χ2v) is 6.29. The Kier molecular flexibility index (Phi) is 4.87. The van der Waals surface area contributed by atoms with Crippen LogP contribution in [0.4, 0.5) is 0 Å². The smallest absolute Gasteiger partial charge is 0.0613 e. The van der Waals surface area contributed by atoms with Gasteiger partial charge in [0.05, 0.1) is 6.61 Å². The molecule has 2 rings (SSSR count). The topological polar surface area (TPSA) is 32.3 Å². The van der Waals surface area contributed by atoms with Crippen molar-refractivity contribution < 1.29 is 5.11 Å². The van der Waals surface area contributed by atoms with Gasteiger partial charge in [-0.25, -0.2) is 0 Å². The van der Waals surface area contributed by atoms with Crippen LogP contribution in [-0.2, 0) is 0 Å². The fourth-order valence-corrected chi connectivity index (χ4v) is 3.76. The van der Waals surface area contributed by atoms with Crippen molar-refractivity contribution in [1.29, 1.82) is 0 Å². The van der Waals surface area contributed by atoms with Crippen LogP contribution in [0.1, 0.15) is 71.1 Å². The molecule has 100 valence electrons. The third-order valence-electron chi connectivity index (χ3n) is 4.96. The molecule has 2 fully saturated rings. The van der Waals surface area contributed by atoms with Crippen molar-refractivity contribution in [2.45, 2.75) is 82.7 Å². The van der Waals surface area contributed by atoms with E-state index in [-0.39, 0.29) is 5.54 Å². The van der Waals surface area contributed by atoms with Crippen molar-refractivity contribution in [1.82, 2.24) is 5.32 Å². The second-order valence-electron chi connectivity index (χ2n) is 6.29. The fraction of sp³-hybridized carbons (Fsp3) is 1.00. The summed E-state index contributed by atoms with van der Waals surface area (Å²) in [6.07, 6.45) is 13.1. The summed E-state index contributed by atoms with van der Waals surface area (Å²) in [5, 5.41) is 13.6. The van der Waals surface area contributed by atoms with E-state index in [1.54, 1.807) is 0 Å². The van der Waals surface area contributed by atoms with Crippen molar-refractivity contribution in [2.75, 3.05) is 6.61 Å². The molecule has 2 saturated carbocycles. The second kappa shape index (κ2) is 6.19. The number of rotatable bonds is 4. The first-order valence-electron chi connectivity index (χ1n) is 7.66. The minimum Gasteiger partial charge on any atom is -0.394 e. The molecule has 2 N–H and O–H groups in total. The Morgan fingerprint density at radius 2 is 1.82 bits per heavy atom. The molecule has 2 aliphatic rings. The molecule has 2 aliphatic carbocycles. The van der Waals surface area contributed by atoms with E-state index in [9.17, 15) is 5.11 Å². The molecule has 2 unspecified atom stereocenters. The highest BCUT2D eigenvalue weighted by atomic mass is 16.3. The Bertz CT molecular complexity index is 223. The average molecular weight is 239 g/mol. The molecule has 2 atom stereocenters. The van der Waals surface area contributed by atoms with Crippen molar-refractivity contribution in [3.63, 3.8) is 0 Å². The molecule has 0 spiro atoms. The molecule has 0 aromatic carbocycles. The van der Waals surface area contributed by atoms with Crippen LogP contribution in [0.2, 0.25) is 0 Å². The molecule has 0 radical (unpaired) electrons. The zero-order chi connectivity index (χ0) is 12.1. The molecule has 2 nitrogen and oxygen atoms in total. The van der Waals surface area contributed by atoms with Gasteiger partial charge in [0.2, 0.25) is 0 Å². The van der Waals surface area contributed by atoms with E-state index in [0.717, 1.165) is 5.92 Å². The summed E-state index contributed by atoms with van der Waals surface area (Å²) in [6.45, 7) is 2.61. The molecule has 0 amide bonds. The maximum atomic E-state index is 9.77. The summed E-state index contributed by atoms with van der Waals surface area (Å²) in [5.74, 6) is 0.834. The van der Waals surface area contributed by atoms with Gasteiger partial charge in [0, 0.05) is 11.6 Å². The maximum absolute atomic E-state index is 9.77. The highest BCUT2D eigenvalue weighted by Crippen LogP contribution is 2.37. The molecular weight excluding hydrogens is 210 g/mol. The summed E-state index contributed by atoms with van der Waals surface area (Å²) in [6, 6.07) is 0.667. The van der Waals surface area contributed by atoms with E-state index < -0.39 is 0 Å². The quantitative estimate of drug-likeness (QED) is 0.738. The molecule has 0 aliphatic heterocycles. The van der Waals surface area contributed by atoms with Crippen LogP contribution in [-0.4, -0.2) is 23.3 Å². The van der Waals surface area contributed by atoms with Crippen LogP contribution >= 0.6 is 0 Å². The fourth-order valence-electron chi connectivity index (χ4n) is 3.76. The predicted molar refractivity (Wildman–Crippen MR) is 72.1 cm³/mol. The van der Waals surface area contributed by atoms with Gasteiger partial charge in [-0.1, -0.05) is 39.0 Å². The van der Waals surface area contributed by atoms with Gasteiger partial charge in [0.1, 0.15) is 0 Å². The van der Waals surface area contributed by atoms with Crippen LogP contribution in [0.25, 0.3) is 0 Å². The first-order chi connectivity index (χ1) is 8.28. The van der Waals surface area contributed by atoms with Gasteiger partial charge in [-0.05, 0) is 38.0 Å². The van der Waals surface area contributed by atoms with Crippen LogP contribution in [0.5, 0.6) is 0 Å². The van der Waals surface area contributed by atoms with E-state index in [2.05, 4.69) is 12.2 Å². The summed E-state index contributed by atoms with van der Waals surface area (Å²) in [4.78, 5) is 0. The van der Waals surface area contributed by atoms with Crippen molar-refractivity contribution >= 4 is 0 Å². The summed E-state index contributed by atoms with van der Waals surface area (Å²) < 4.78 is 0. The Hall–Kier alpha value is -0.0800. The third-order valence-corrected chi connectivity index (χ3v) is 4.96. The van der Waals surface area contributed by atoms with E-state index in [4.69, 9.17) is 0 Å². The summed E-state index contributed by atoms with van der Waals surface area (Å²) in [7, 11) is 0. The molecule has 0 aromatic heterocycles. The highest BCUT2D eigenvalue weighted by Gasteiger charge is 2.39. The normalized spacial score (nSPS) is 36.0. The van der Waals surface area contributed by atoms with Gasteiger partial charge in [0.15, 0.2) is 0 Å². The Labute approximate surface area is 106 Å². The highest BCUT2D eigenvalue weighted by molar-refractivity contribution is 4.97. The van der Waals surface area contributed by atoms with Crippen molar-refractivity contribution in [2.24, 2.45) is 5.92 Å². The molecule has 2 heteroatoms. The zero-order valence-electron chi connectivity index (χ0n) is 11.4. The first kappa shape index (κ1) is 13.4. The van der Waals surface area contributed by atoms with E-state index in [0.29, 0.717) is 12.6 Å². The number of aliphatic hydroxyl groups is 1. The Balaban J connectivity index is 1.89. The van der Waals surface area contributed by atoms with Crippen LogP contribution in [0, 0.1) is 5.92 Å². The maximum Gasteiger partial charge on any atom is 0.0613 e. The lowest BCUT2D eigenvalue weighted by molar-refractivity contribution is 0.142. The Morgan fingerprint density at radius 1 is 1.12 bits per heavy atom. The van der Waals surface area contributed by atoms with Gasteiger partial charge < -0.3 is 10.4 Å². The van der Waals surface area contributed by atoms with Crippen molar-refractivity contribution in [3.05, 3.63) is 0 Å². The van der Waals surface area contributed by atoms with Crippen molar-refractivity contribution in [3.8, 4) is 0 Å². The summed E-state index contributed by atoms with van der Waals surface area (Å²) >= 11 is 0. The third kappa shape index (κ3) is 3.45. The SMILES string of the molecule is CCC1CCC(CO)(NC2CCCCCC2)C1. The molecule has 0 bridgehead atoms. The standard InChI is InChI=1S/C15H29NO/c1-2-13-9-10-15(11-13,12-17)16-14-7-5-3-4-6-8-14/h13-14,16-17H,2-12H2,1H3. The lowest BCUT2D eigenvalue weighted by atomic mass is 9.93. The monoisotopic (exact) mass is 239 g/mol. The minimum absolute atomic E-state index is 0.0652. The molecule has 0 aromatic rings. The minimum atomic E-state index is 0.0652. The van der Waals surface area contributed by atoms with Gasteiger partial charge in [-0.3, -0.25) is 0 Å². The predicted octanol–water partition coefficient (Wildman–Crippen LogP) is 3.24. The molecule has 0 heterocycles. The molecule has 17 heavy (non-hydrogen) atoms. The van der Waals surface area contributed by atoms with Crippen LogP contribution in [0.3, 0.4) is 0 Å². The van der Waals surface area contributed by atoms with Crippen LogP contribution in [0.15, 0.2) is 0 Å². The molecular formula is C15H29NO.